The van der Waals surface area contributed by atoms with Gasteiger partial charge in [-0.3, -0.25) is 9.88 Å². The molecule has 1 unspecified atom stereocenters. The van der Waals surface area contributed by atoms with E-state index in [1.807, 2.05) is 36.5 Å². The molecule has 3 N–H and O–H groups in total. The Balaban J connectivity index is 1.30. The summed E-state index contributed by atoms with van der Waals surface area (Å²) in [6.07, 6.45) is 8.05. The Kier molecular flexibility index (Phi) is 4.54. The number of nitrogens with one attached hydrogen (secondary N) is 1. The number of fused-ring (bicyclic) bond motifs is 1. The number of rotatable bonds is 5. The number of amidine groups is 1. The fourth-order valence-electron chi connectivity index (χ4n) is 4.55. The minimum Gasteiger partial charge on any atom is -0.497 e. The molecule has 7 nitrogen and oxygen atoms in total. The summed E-state index contributed by atoms with van der Waals surface area (Å²) in [6, 6.07) is 9.70. The van der Waals surface area contributed by atoms with Crippen LogP contribution >= 0.6 is 0 Å². The fraction of sp³-hybridized carbons (Fsp3) is 0.455. The molecule has 3 aliphatic rings. The van der Waals surface area contributed by atoms with Crippen LogP contribution in [0.25, 0.3) is 0 Å². The molecule has 152 valence electrons. The molecule has 0 spiro atoms. The quantitative estimate of drug-likeness (QED) is 0.812. The molecule has 0 bridgehead atoms. The zero-order chi connectivity index (χ0) is 19.8. The van der Waals surface area contributed by atoms with Gasteiger partial charge < -0.3 is 20.5 Å². The third-order valence-electron chi connectivity index (χ3n) is 6.23. The van der Waals surface area contributed by atoms with Gasteiger partial charge in [0, 0.05) is 25.2 Å². The summed E-state index contributed by atoms with van der Waals surface area (Å²) < 4.78 is 11.4. The number of likely N-dealkylation sites (tertiary alicyclic amines) is 1. The van der Waals surface area contributed by atoms with Crippen molar-refractivity contribution in [3.05, 3.63) is 42.7 Å². The van der Waals surface area contributed by atoms with Crippen LogP contribution in [0.4, 0.5) is 11.4 Å². The van der Waals surface area contributed by atoms with Gasteiger partial charge in [0.15, 0.2) is 5.66 Å². The molecule has 3 heterocycles. The molecule has 7 heteroatoms. The first kappa shape index (κ1) is 18.2. The van der Waals surface area contributed by atoms with Crippen molar-refractivity contribution in [3.63, 3.8) is 0 Å². The van der Waals surface area contributed by atoms with Crippen LogP contribution < -0.4 is 20.5 Å². The van der Waals surface area contributed by atoms with E-state index in [1.165, 1.54) is 12.8 Å². The van der Waals surface area contributed by atoms with E-state index < -0.39 is 5.66 Å². The normalized spacial score (nSPS) is 24.9. The van der Waals surface area contributed by atoms with Crippen molar-refractivity contribution in [2.24, 2.45) is 16.6 Å². The zero-order valence-electron chi connectivity index (χ0n) is 16.7. The molecule has 5 rings (SSSR count). The van der Waals surface area contributed by atoms with Crippen LogP contribution in [-0.2, 0) is 0 Å². The van der Waals surface area contributed by atoms with Crippen LogP contribution in [-0.4, -0.2) is 47.7 Å². The van der Waals surface area contributed by atoms with E-state index in [0.29, 0.717) is 11.8 Å². The van der Waals surface area contributed by atoms with Crippen molar-refractivity contribution < 1.29 is 9.47 Å². The van der Waals surface area contributed by atoms with E-state index in [-0.39, 0.29) is 6.10 Å². The number of aliphatic imine (C=N–C) groups is 1. The number of nitrogens with two attached hydrogens (primary N) is 1. The monoisotopic (exact) mass is 393 g/mol. The minimum atomic E-state index is -0.402. The first-order valence-electron chi connectivity index (χ1n) is 10.3. The highest BCUT2D eigenvalue weighted by Crippen LogP contribution is 2.48. The average Bonchev–Trinajstić information content (AvgIpc) is 3.60. The van der Waals surface area contributed by atoms with Crippen molar-refractivity contribution >= 4 is 17.2 Å². The molecular weight excluding hydrogens is 366 g/mol. The number of hydrogen-bond acceptors (Lipinski definition) is 7. The van der Waals surface area contributed by atoms with Crippen LogP contribution in [0.1, 0.15) is 25.7 Å². The second kappa shape index (κ2) is 7.22. The van der Waals surface area contributed by atoms with Crippen molar-refractivity contribution in [2.45, 2.75) is 37.5 Å². The topological polar surface area (TPSA) is 85.0 Å². The highest BCUT2D eigenvalue weighted by atomic mass is 16.5. The Hall–Kier alpha value is -2.80. The molecule has 1 saturated heterocycles. The van der Waals surface area contributed by atoms with Crippen LogP contribution in [0.5, 0.6) is 11.5 Å². The van der Waals surface area contributed by atoms with Crippen LogP contribution in [0.2, 0.25) is 0 Å². The second-order valence-corrected chi connectivity index (χ2v) is 8.04. The van der Waals surface area contributed by atoms with Crippen molar-refractivity contribution in [3.8, 4) is 11.5 Å². The van der Waals surface area contributed by atoms with Gasteiger partial charge in [0.05, 0.1) is 24.7 Å². The van der Waals surface area contributed by atoms with Crippen molar-refractivity contribution in [1.29, 1.82) is 0 Å². The third kappa shape index (κ3) is 3.29. The molecule has 2 fully saturated rings. The van der Waals surface area contributed by atoms with E-state index in [2.05, 4.69) is 15.2 Å². The molecule has 1 aromatic carbocycles. The standard InChI is InChI=1S/C22H27N5O2/c1-28-16-4-6-17(7-5-16)29-18-9-12-27(13-10-18)22(15-2-3-15)21(23)25-19-8-11-24-14-20(19)26-22/h4-8,11,14-15,18,26H,2-3,9-10,12-13H2,1H3,(H2,23,25). The maximum atomic E-state index is 6.57. The Bertz CT molecular complexity index is 904. The smallest absolute Gasteiger partial charge is 0.153 e. The van der Waals surface area contributed by atoms with Crippen LogP contribution in [0.3, 0.4) is 0 Å². The van der Waals surface area contributed by atoms with Gasteiger partial charge in [0.1, 0.15) is 23.4 Å². The molecule has 1 aliphatic carbocycles. The molecule has 2 aliphatic heterocycles. The van der Waals surface area contributed by atoms with E-state index in [1.54, 1.807) is 13.3 Å². The molecular formula is C22H27N5O2. The summed E-state index contributed by atoms with van der Waals surface area (Å²) in [6.45, 7) is 1.83. The summed E-state index contributed by atoms with van der Waals surface area (Å²) in [5.41, 5.74) is 8.00. The summed E-state index contributed by atoms with van der Waals surface area (Å²) in [5.74, 6) is 2.89. The van der Waals surface area contributed by atoms with Gasteiger partial charge in [-0.15, -0.1) is 0 Å². The van der Waals surface area contributed by atoms with Gasteiger partial charge in [-0.05, 0) is 56.0 Å². The predicted octanol–water partition coefficient (Wildman–Crippen LogP) is 3.15. The second-order valence-electron chi connectivity index (χ2n) is 8.04. The molecule has 1 atom stereocenters. The SMILES string of the molecule is COc1ccc(OC2CCN(C3(C4CC4)Nc4cnccc4N=C3N)CC2)cc1. The van der Waals surface area contributed by atoms with Crippen LogP contribution in [0, 0.1) is 5.92 Å². The Morgan fingerprint density at radius 3 is 2.48 bits per heavy atom. The van der Waals surface area contributed by atoms with E-state index >= 15 is 0 Å². The highest BCUT2D eigenvalue weighted by Gasteiger charge is 2.54. The number of piperidine rings is 1. The number of benzene rings is 1. The lowest BCUT2D eigenvalue weighted by Crippen LogP contribution is -2.67. The zero-order valence-corrected chi connectivity index (χ0v) is 16.7. The highest BCUT2D eigenvalue weighted by molar-refractivity contribution is 5.99. The summed E-state index contributed by atoms with van der Waals surface area (Å²) in [5, 5.41) is 3.72. The Labute approximate surface area is 170 Å². The number of ether oxygens (including phenoxy) is 2. The first-order valence-corrected chi connectivity index (χ1v) is 10.3. The van der Waals surface area contributed by atoms with Crippen molar-refractivity contribution in [1.82, 2.24) is 9.88 Å². The number of nitrogens with zero attached hydrogens (tertiary/aromatic N) is 3. The summed E-state index contributed by atoms with van der Waals surface area (Å²) >= 11 is 0. The van der Waals surface area contributed by atoms with Gasteiger partial charge in [-0.25, -0.2) is 4.99 Å². The largest absolute Gasteiger partial charge is 0.497 e. The Morgan fingerprint density at radius 2 is 1.79 bits per heavy atom. The van der Waals surface area contributed by atoms with E-state index in [0.717, 1.165) is 48.8 Å². The number of aromatic nitrogens is 1. The number of methoxy groups -OCH3 is 1. The molecule has 1 saturated carbocycles. The van der Waals surface area contributed by atoms with Gasteiger partial charge in [0.2, 0.25) is 0 Å². The minimum absolute atomic E-state index is 0.201. The Morgan fingerprint density at radius 1 is 1.07 bits per heavy atom. The van der Waals surface area contributed by atoms with Crippen molar-refractivity contribution in [2.75, 3.05) is 25.5 Å². The molecule has 0 amide bonds. The summed E-state index contributed by atoms with van der Waals surface area (Å²) in [7, 11) is 1.67. The van der Waals surface area contributed by atoms with E-state index in [9.17, 15) is 0 Å². The number of pyridine rings is 1. The lowest BCUT2D eigenvalue weighted by atomic mass is 9.94. The predicted molar refractivity (Wildman–Crippen MR) is 113 cm³/mol. The number of hydrogen-bond donors (Lipinski definition) is 2. The summed E-state index contributed by atoms with van der Waals surface area (Å²) in [4.78, 5) is 11.5. The van der Waals surface area contributed by atoms with Crippen LogP contribution in [0.15, 0.2) is 47.7 Å². The van der Waals surface area contributed by atoms with Gasteiger partial charge in [-0.2, -0.15) is 0 Å². The van der Waals surface area contributed by atoms with E-state index in [4.69, 9.17) is 20.2 Å². The first-order chi connectivity index (χ1) is 14.2. The average molecular weight is 393 g/mol. The maximum Gasteiger partial charge on any atom is 0.153 e. The van der Waals surface area contributed by atoms with Gasteiger partial charge in [-0.1, -0.05) is 0 Å². The molecule has 0 radical (unpaired) electrons. The third-order valence-corrected chi connectivity index (χ3v) is 6.23. The number of anilines is 1. The van der Waals surface area contributed by atoms with Gasteiger partial charge >= 0.3 is 0 Å². The molecule has 1 aromatic heterocycles. The fourth-order valence-corrected chi connectivity index (χ4v) is 4.55. The lowest BCUT2D eigenvalue weighted by Gasteiger charge is -2.49. The lowest BCUT2D eigenvalue weighted by molar-refractivity contribution is 0.0553. The molecule has 29 heavy (non-hydrogen) atoms. The maximum absolute atomic E-state index is 6.57. The van der Waals surface area contributed by atoms with Gasteiger partial charge in [0.25, 0.3) is 0 Å². The molecule has 2 aromatic rings.